The van der Waals surface area contributed by atoms with Crippen LogP contribution < -0.4 is 5.32 Å². The third-order valence-electron chi connectivity index (χ3n) is 3.32. The summed E-state index contributed by atoms with van der Waals surface area (Å²) in [5.41, 5.74) is 1.42. The Kier molecular flexibility index (Phi) is 6.95. The van der Waals surface area contributed by atoms with Gasteiger partial charge in [-0.05, 0) is 24.9 Å². The maximum absolute atomic E-state index is 3.42. The fourth-order valence-corrected chi connectivity index (χ4v) is 2.24. The molecule has 17 heavy (non-hydrogen) atoms. The molecule has 1 aromatic rings. The molecular weight excluding hydrogens is 206 g/mol. The molecule has 1 aromatic carbocycles. The summed E-state index contributed by atoms with van der Waals surface area (Å²) in [6.07, 6.45) is 6.69. The maximum atomic E-state index is 3.42. The molecule has 1 N–H and O–H groups in total. The summed E-state index contributed by atoms with van der Waals surface area (Å²) in [7, 11) is 2.06. The lowest BCUT2D eigenvalue weighted by Gasteiger charge is -2.16. The molecule has 0 aliphatic heterocycles. The third-order valence-corrected chi connectivity index (χ3v) is 3.32. The van der Waals surface area contributed by atoms with Gasteiger partial charge in [-0.3, -0.25) is 0 Å². The standard InChI is InChI=1S/C16H27N/c1-14(2)10-6-4-9-13-16(17-3)15-11-7-5-8-12-15/h5,7-8,11-12,14,16-17H,4,6,9-10,13H2,1-3H3. The number of nitrogens with one attached hydrogen (secondary N) is 1. The monoisotopic (exact) mass is 233 g/mol. The zero-order valence-corrected chi connectivity index (χ0v) is 11.6. The average molecular weight is 233 g/mol. The van der Waals surface area contributed by atoms with Gasteiger partial charge in [0, 0.05) is 6.04 Å². The van der Waals surface area contributed by atoms with Gasteiger partial charge in [0.1, 0.15) is 0 Å². The second-order valence-corrected chi connectivity index (χ2v) is 5.28. The van der Waals surface area contributed by atoms with Crippen LogP contribution in [0.15, 0.2) is 30.3 Å². The Balaban J connectivity index is 2.24. The summed E-state index contributed by atoms with van der Waals surface area (Å²) in [5.74, 6) is 0.851. The van der Waals surface area contributed by atoms with Crippen LogP contribution in [0.3, 0.4) is 0 Å². The molecule has 0 aliphatic carbocycles. The van der Waals surface area contributed by atoms with Gasteiger partial charge < -0.3 is 5.32 Å². The van der Waals surface area contributed by atoms with Crippen molar-refractivity contribution in [1.29, 1.82) is 0 Å². The first kappa shape index (κ1) is 14.2. The second kappa shape index (κ2) is 8.30. The summed E-state index contributed by atoms with van der Waals surface area (Å²) < 4.78 is 0. The Labute approximate surface area is 107 Å². The number of rotatable bonds is 8. The van der Waals surface area contributed by atoms with Crippen molar-refractivity contribution in [2.45, 2.75) is 52.0 Å². The number of hydrogen-bond donors (Lipinski definition) is 1. The molecule has 0 radical (unpaired) electrons. The number of unbranched alkanes of at least 4 members (excludes halogenated alkanes) is 2. The van der Waals surface area contributed by atoms with Gasteiger partial charge in [0.2, 0.25) is 0 Å². The molecule has 0 spiro atoms. The number of benzene rings is 1. The Bertz CT molecular complexity index is 279. The van der Waals surface area contributed by atoms with Gasteiger partial charge in [0.05, 0.1) is 0 Å². The predicted molar refractivity (Wildman–Crippen MR) is 76.2 cm³/mol. The van der Waals surface area contributed by atoms with E-state index in [-0.39, 0.29) is 0 Å². The summed E-state index contributed by atoms with van der Waals surface area (Å²) in [4.78, 5) is 0. The maximum Gasteiger partial charge on any atom is 0.0317 e. The van der Waals surface area contributed by atoms with Crippen molar-refractivity contribution in [2.75, 3.05) is 7.05 Å². The van der Waals surface area contributed by atoms with E-state index in [0.717, 1.165) is 5.92 Å². The highest BCUT2D eigenvalue weighted by atomic mass is 14.9. The minimum absolute atomic E-state index is 0.523. The SMILES string of the molecule is CNC(CCCCCC(C)C)c1ccccc1. The molecule has 0 heterocycles. The van der Waals surface area contributed by atoms with Crippen LogP contribution >= 0.6 is 0 Å². The molecule has 1 nitrogen and oxygen atoms in total. The molecule has 0 saturated carbocycles. The van der Waals surface area contributed by atoms with Crippen LogP contribution in [-0.2, 0) is 0 Å². The topological polar surface area (TPSA) is 12.0 Å². The van der Waals surface area contributed by atoms with Gasteiger partial charge in [-0.25, -0.2) is 0 Å². The first-order valence-corrected chi connectivity index (χ1v) is 6.96. The van der Waals surface area contributed by atoms with Crippen molar-refractivity contribution in [2.24, 2.45) is 5.92 Å². The molecule has 0 aromatic heterocycles. The summed E-state index contributed by atoms with van der Waals surface area (Å²) in [6, 6.07) is 11.3. The Hall–Kier alpha value is -0.820. The first-order chi connectivity index (χ1) is 8.24. The van der Waals surface area contributed by atoms with Gasteiger partial charge in [0.15, 0.2) is 0 Å². The zero-order chi connectivity index (χ0) is 12.5. The van der Waals surface area contributed by atoms with E-state index in [1.807, 2.05) is 0 Å². The third kappa shape index (κ3) is 5.88. The van der Waals surface area contributed by atoms with Gasteiger partial charge in [0.25, 0.3) is 0 Å². The van der Waals surface area contributed by atoms with Gasteiger partial charge in [-0.1, -0.05) is 69.9 Å². The predicted octanol–water partition coefficient (Wildman–Crippen LogP) is 4.55. The van der Waals surface area contributed by atoms with Crippen LogP contribution in [0.1, 0.15) is 57.6 Å². The molecule has 1 rings (SSSR count). The first-order valence-electron chi connectivity index (χ1n) is 6.96. The van der Waals surface area contributed by atoms with Crippen LogP contribution in [0.5, 0.6) is 0 Å². The molecule has 96 valence electrons. The van der Waals surface area contributed by atoms with Crippen LogP contribution in [0.4, 0.5) is 0 Å². The molecule has 1 atom stereocenters. The Morgan fingerprint density at radius 1 is 0.941 bits per heavy atom. The van der Waals surface area contributed by atoms with E-state index in [1.54, 1.807) is 0 Å². The van der Waals surface area contributed by atoms with Crippen molar-refractivity contribution < 1.29 is 0 Å². The molecule has 0 amide bonds. The molecular formula is C16H27N. The molecule has 0 bridgehead atoms. The highest BCUT2D eigenvalue weighted by molar-refractivity contribution is 5.18. The molecule has 0 fully saturated rings. The summed E-state index contributed by atoms with van der Waals surface area (Å²) in [6.45, 7) is 4.61. The largest absolute Gasteiger partial charge is 0.313 e. The fraction of sp³-hybridized carbons (Fsp3) is 0.625. The second-order valence-electron chi connectivity index (χ2n) is 5.28. The fourth-order valence-electron chi connectivity index (χ4n) is 2.24. The van der Waals surface area contributed by atoms with Crippen molar-refractivity contribution >= 4 is 0 Å². The molecule has 1 unspecified atom stereocenters. The lowest BCUT2D eigenvalue weighted by molar-refractivity contribution is 0.477. The zero-order valence-electron chi connectivity index (χ0n) is 11.6. The molecule has 0 aliphatic rings. The quantitative estimate of drug-likeness (QED) is 0.649. The van der Waals surface area contributed by atoms with E-state index >= 15 is 0 Å². The molecule has 0 saturated heterocycles. The van der Waals surface area contributed by atoms with E-state index in [2.05, 4.69) is 56.5 Å². The summed E-state index contributed by atoms with van der Waals surface area (Å²) in [5, 5.41) is 3.42. The van der Waals surface area contributed by atoms with Gasteiger partial charge >= 0.3 is 0 Å². The van der Waals surface area contributed by atoms with Crippen molar-refractivity contribution in [1.82, 2.24) is 5.32 Å². The Morgan fingerprint density at radius 3 is 2.18 bits per heavy atom. The number of hydrogen-bond acceptors (Lipinski definition) is 1. The minimum atomic E-state index is 0.523. The highest BCUT2D eigenvalue weighted by Gasteiger charge is 2.07. The normalized spacial score (nSPS) is 12.9. The van der Waals surface area contributed by atoms with E-state index in [4.69, 9.17) is 0 Å². The molecule has 1 heteroatoms. The van der Waals surface area contributed by atoms with E-state index in [0.29, 0.717) is 6.04 Å². The highest BCUT2D eigenvalue weighted by Crippen LogP contribution is 2.20. The smallest absolute Gasteiger partial charge is 0.0317 e. The van der Waals surface area contributed by atoms with Gasteiger partial charge in [-0.2, -0.15) is 0 Å². The average Bonchev–Trinajstić information content (AvgIpc) is 2.34. The van der Waals surface area contributed by atoms with Crippen LogP contribution in [0.25, 0.3) is 0 Å². The van der Waals surface area contributed by atoms with E-state index in [1.165, 1.54) is 37.7 Å². The van der Waals surface area contributed by atoms with Crippen LogP contribution in [0, 0.1) is 5.92 Å². The van der Waals surface area contributed by atoms with Gasteiger partial charge in [-0.15, -0.1) is 0 Å². The van der Waals surface area contributed by atoms with E-state index < -0.39 is 0 Å². The lowest BCUT2D eigenvalue weighted by Crippen LogP contribution is -2.16. The van der Waals surface area contributed by atoms with E-state index in [9.17, 15) is 0 Å². The lowest BCUT2D eigenvalue weighted by atomic mass is 9.99. The van der Waals surface area contributed by atoms with Crippen LogP contribution in [-0.4, -0.2) is 7.05 Å². The van der Waals surface area contributed by atoms with Crippen molar-refractivity contribution in [3.8, 4) is 0 Å². The van der Waals surface area contributed by atoms with Crippen molar-refractivity contribution in [3.63, 3.8) is 0 Å². The minimum Gasteiger partial charge on any atom is -0.313 e. The van der Waals surface area contributed by atoms with Crippen LogP contribution in [0.2, 0.25) is 0 Å². The Morgan fingerprint density at radius 2 is 1.59 bits per heavy atom. The summed E-state index contributed by atoms with van der Waals surface area (Å²) >= 11 is 0. The van der Waals surface area contributed by atoms with Crippen molar-refractivity contribution in [3.05, 3.63) is 35.9 Å².